The molecule has 1 atom stereocenters. The minimum absolute atomic E-state index is 0.00410. The zero-order chi connectivity index (χ0) is 12.4. The van der Waals surface area contributed by atoms with E-state index in [0.29, 0.717) is 11.5 Å². The fraction of sp³-hybridized carbons (Fsp3) is 0.182. The van der Waals surface area contributed by atoms with Crippen LogP contribution in [0.3, 0.4) is 0 Å². The maximum atomic E-state index is 10.8. The van der Waals surface area contributed by atoms with Crippen molar-refractivity contribution in [1.82, 2.24) is 9.78 Å². The topological polar surface area (TPSA) is 81.1 Å². The Balaban J connectivity index is 2.46. The van der Waals surface area contributed by atoms with Crippen LogP contribution < -0.4 is 5.73 Å². The van der Waals surface area contributed by atoms with Gasteiger partial charge in [0.2, 0.25) is 0 Å². The van der Waals surface area contributed by atoms with Gasteiger partial charge in [0.05, 0.1) is 17.1 Å². The number of anilines is 1. The molecular formula is C11H13N3O2S. The second-order valence-corrected chi connectivity index (χ2v) is 4.60. The summed E-state index contributed by atoms with van der Waals surface area (Å²) in [6.07, 6.45) is 0. The molecular weight excluding hydrogens is 238 g/mol. The van der Waals surface area contributed by atoms with E-state index < -0.39 is 11.1 Å². The Labute approximate surface area is 102 Å². The quantitative estimate of drug-likeness (QED) is 0.810. The van der Waals surface area contributed by atoms with E-state index in [1.807, 2.05) is 30.3 Å². The molecule has 17 heavy (non-hydrogen) atoms. The van der Waals surface area contributed by atoms with Gasteiger partial charge in [-0.3, -0.25) is 0 Å². The summed E-state index contributed by atoms with van der Waals surface area (Å²) in [5.74, 6) is 0.493. The van der Waals surface area contributed by atoms with Crippen molar-refractivity contribution in [2.24, 2.45) is 0 Å². The van der Waals surface area contributed by atoms with E-state index >= 15 is 0 Å². The number of aromatic nitrogens is 2. The summed E-state index contributed by atoms with van der Waals surface area (Å²) in [6.45, 7) is 1.80. The van der Waals surface area contributed by atoms with Crippen molar-refractivity contribution in [3.63, 3.8) is 0 Å². The van der Waals surface area contributed by atoms with Gasteiger partial charge in [0.25, 0.3) is 0 Å². The Morgan fingerprint density at radius 2 is 2.06 bits per heavy atom. The molecule has 0 amide bonds. The van der Waals surface area contributed by atoms with Gasteiger partial charge in [0, 0.05) is 5.56 Å². The van der Waals surface area contributed by atoms with Gasteiger partial charge in [0.15, 0.2) is 11.1 Å². The van der Waals surface area contributed by atoms with E-state index in [9.17, 15) is 4.21 Å². The lowest BCUT2D eigenvalue weighted by molar-refractivity contribution is 0.562. The van der Waals surface area contributed by atoms with Crippen LogP contribution in [0.1, 0.15) is 11.3 Å². The molecule has 0 aliphatic rings. The third-order valence-electron chi connectivity index (χ3n) is 2.53. The first-order chi connectivity index (χ1) is 8.09. The molecule has 90 valence electrons. The minimum atomic E-state index is -1.91. The van der Waals surface area contributed by atoms with Gasteiger partial charge in [-0.1, -0.05) is 18.2 Å². The average molecular weight is 251 g/mol. The molecule has 1 heterocycles. The predicted molar refractivity (Wildman–Crippen MR) is 67.2 cm³/mol. The van der Waals surface area contributed by atoms with Crippen LogP contribution in [0.25, 0.3) is 5.69 Å². The van der Waals surface area contributed by atoms with Crippen molar-refractivity contribution in [3.05, 3.63) is 41.6 Å². The molecule has 0 spiro atoms. The Bertz CT molecular complexity index is 551. The van der Waals surface area contributed by atoms with Crippen LogP contribution in [0, 0.1) is 6.92 Å². The molecule has 0 saturated heterocycles. The maximum absolute atomic E-state index is 10.8. The molecule has 5 nitrogen and oxygen atoms in total. The van der Waals surface area contributed by atoms with E-state index in [4.69, 9.17) is 10.3 Å². The van der Waals surface area contributed by atoms with Crippen molar-refractivity contribution >= 4 is 16.9 Å². The molecule has 6 heteroatoms. The van der Waals surface area contributed by atoms with E-state index in [2.05, 4.69) is 5.10 Å². The second-order valence-electron chi connectivity index (χ2n) is 3.67. The molecule has 1 aromatic heterocycles. The van der Waals surface area contributed by atoms with Crippen LogP contribution >= 0.6 is 0 Å². The largest absolute Gasteiger partial charge is 0.383 e. The summed E-state index contributed by atoms with van der Waals surface area (Å²) >= 11 is -1.91. The van der Waals surface area contributed by atoms with Crippen LogP contribution in [-0.2, 0) is 16.8 Å². The number of hydrogen-bond acceptors (Lipinski definition) is 3. The highest BCUT2D eigenvalue weighted by Crippen LogP contribution is 2.20. The van der Waals surface area contributed by atoms with Gasteiger partial charge in [-0.25, -0.2) is 8.89 Å². The fourth-order valence-electron chi connectivity index (χ4n) is 1.58. The zero-order valence-electron chi connectivity index (χ0n) is 9.33. The van der Waals surface area contributed by atoms with Crippen molar-refractivity contribution in [2.75, 3.05) is 5.73 Å². The molecule has 1 unspecified atom stereocenters. The first-order valence-electron chi connectivity index (χ1n) is 5.06. The molecule has 2 aromatic rings. The smallest absolute Gasteiger partial charge is 0.159 e. The lowest BCUT2D eigenvalue weighted by Gasteiger charge is -2.02. The van der Waals surface area contributed by atoms with Gasteiger partial charge >= 0.3 is 0 Å². The zero-order valence-corrected chi connectivity index (χ0v) is 10.1. The SMILES string of the molecule is Cc1c(CS(=O)O)nn(-c2ccccc2)c1N. The fourth-order valence-corrected chi connectivity index (χ4v) is 2.08. The monoisotopic (exact) mass is 251 g/mol. The Morgan fingerprint density at radius 1 is 1.41 bits per heavy atom. The van der Waals surface area contributed by atoms with Crippen molar-refractivity contribution in [3.8, 4) is 5.69 Å². The molecule has 2 rings (SSSR count). The van der Waals surface area contributed by atoms with Crippen LogP contribution in [0.2, 0.25) is 0 Å². The highest BCUT2D eigenvalue weighted by molar-refractivity contribution is 7.78. The van der Waals surface area contributed by atoms with Gasteiger partial charge in [0.1, 0.15) is 5.82 Å². The highest BCUT2D eigenvalue weighted by Gasteiger charge is 2.14. The number of hydrogen-bond donors (Lipinski definition) is 2. The number of para-hydroxylation sites is 1. The molecule has 0 aliphatic heterocycles. The number of nitrogens with zero attached hydrogens (tertiary/aromatic N) is 2. The Kier molecular flexibility index (Phi) is 3.26. The minimum Gasteiger partial charge on any atom is -0.383 e. The summed E-state index contributed by atoms with van der Waals surface area (Å²) in [4.78, 5) is 0. The second kappa shape index (κ2) is 4.68. The first kappa shape index (κ1) is 11.8. The van der Waals surface area contributed by atoms with Crippen molar-refractivity contribution in [1.29, 1.82) is 0 Å². The number of nitrogens with two attached hydrogens (primary N) is 1. The molecule has 0 radical (unpaired) electrons. The lowest BCUT2D eigenvalue weighted by atomic mass is 10.3. The first-order valence-corrected chi connectivity index (χ1v) is 6.34. The standard InChI is InChI=1S/C11H13N3O2S/c1-8-10(7-17(15)16)13-14(11(8)12)9-5-3-2-4-6-9/h2-6H,7,12H2,1H3,(H,15,16). The molecule has 0 fully saturated rings. The average Bonchev–Trinajstić information content (AvgIpc) is 2.58. The molecule has 3 N–H and O–H groups in total. The number of nitrogen functional groups attached to an aromatic ring is 1. The lowest BCUT2D eigenvalue weighted by Crippen LogP contribution is -2.02. The summed E-state index contributed by atoms with van der Waals surface area (Å²) in [5, 5.41) is 4.26. The van der Waals surface area contributed by atoms with Crippen LogP contribution in [-0.4, -0.2) is 18.5 Å². The molecule has 0 saturated carbocycles. The van der Waals surface area contributed by atoms with Crippen LogP contribution in [0.4, 0.5) is 5.82 Å². The van der Waals surface area contributed by atoms with Crippen molar-refractivity contribution in [2.45, 2.75) is 12.7 Å². The summed E-state index contributed by atoms with van der Waals surface area (Å²) in [6, 6.07) is 9.43. The maximum Gasteiger partial charge on any atom is 0.159 e. The highest BCUT2D eigenvalue weighted by atomic mass is 32.2. The molecule has 0 aliphatic carbocycles. The van der Waals surface area contributed by atoms with E-state index in [1.165, 1.54) is 0 Å². The molecule has 0 bridgehead atoms. The van der Waals surface area contributed by atoms with E-state index in [-0.39, 0.29) is 5.75 Å². The van der Waals surface area contributed by atoms with Gasteiger partial charge < -0.3 is 10.3 Å². The Morgan fingerprint density at radius 3 is 2.65 bits per heavy atom. The third-order valence-corrected chi connectivity index (χ3v) is 3.05. The van der Waals surface area contributed by atoms with Gasteiger partial charge in [-0.05, 0) is 19.1 Å². The number of benzene rings is 1. The third kappa shape index (κ3) is 2.37. The normalized spacial score (nSPS) is 12.6. The number of rotatable bonds is 3. The van der Waals surface area contributed by atoms with Crippen LogP contribution in [0.5, 0.6) is 0 Å². The Hall–Kier alpha value is -1.66. The summed E-state index contributed by atoms with van der Waals surface area (Å²) < 4.78 is 21.3. The van der Waals surface area contributed by atoms with Crippen LogP contribution in [0.15, 0.2) is 30.3 Å². The van der Waals surface area contributed by atoms with E-state index in [0.717, 1.165) is 11.3 Å². The summed E-state index contributed by atoms with van der Waals surface area (Å²) in [5.41, 5.74) is 8.06. The van der Waals surface area contributed by atoms with E-state index in [1.54, 1.807) is 11.6 Å². The summed E-state index contributed by atoms with van der Waals surface area (Å²) in [7, 11) is 0. The van der Waals surface area contributed by atoms with Gasteiger partial charge in [-0.15, -0.1) is 0 Å². The van der Waals surface area contributed by atoms with Crippen molar-refractivity contribution < 1.29 is 8.76 Å². The van der Waals surface area contributed by atoms with Gasteiger partial charge in [-0.2, -0.15) is 5.10 Å². The molecule has 1 aromatic carbocycles. The predicted octanol–water partition coefficient (Wildman–Crippen LogP) is 1.48.